The lowest BCUT2D eigenvalue weighted by atomic mass is 10.2. The fraction of sp³-hybridized carbons (Fsp3) is 0.647. The molecule has 0 amide bonds. The normalized spacial score (nSPS) is 11.2. The van der Waals surface area contributed by atoms with E-state index in [4.69, 9.17) is 0 Å². The summed E-state index contributed by atoms with van der Waals surface area (Å²) in [6, 6.07) is 7.81. The number of rotatable bonds is 11. The number of para-hydroxylation sites is 1. The van der Waals surface area contributed by atoms with Gasteiger partial charge >= 0.3 is 0 Å². The van der Waals surface area contributed by atoms with Crippen LogP contribution >= 0.6 is 23.5 Å². The van der Waals surface area contributed by atoms with Gasteiger partial charge in [-0.3, -0.25) is 0 Å². The standard InChI is InChI=1S/C17H28OS2/c1-3-5-9-13-19-17(20-14-10-6-4-2)15-11-7-8-12-16(15)18/h7-8,11-12,17-18H,3-6,9-10,13-14H2,1-2H3. The minimum absolute atomic E-state index is 0.380. The van der Waals surface area contributed by atoms with Crippen LogP contribution in [-0.4, -0.2) is 16.6 Å². The molecule has 0 aliphatic carbocycles. The van der Waals surface area contributed by atoms with Crippen molar-refractivity contribution in [2.45, 2.75) is 57.0 Å². The smallest absolute Gasteiger partial charge is 0.120 e. The highest BCUT2D eigenvalue weighted by Crippen LogP contribution is 2.43. The lowest BCUT2D eigenvalue weighted by molar-refractivity contribution is 0.470. The summed E-state index contributed by atoms with van der Waals surface area (Å²) in [5.74, 6) is 2.82. The highest BCUT2D eigenvalue weighted by Gasteiger charge is 2.15. The summed E-state index contributed by atoms with van der Waals surface area (Å²) in [7, 11) is 0. The SMILES string of the molecule is CCCCCSC(SCCCCC)c1ccccc1O. The van der Waals surface area contributed by atoms with Gasteiger partial charge in [0.15, 0.2) is 0 Å². The monoisotopic (exact) mass is 312 g/mol. The van der Waals surface area contributed by atoms with Crippen LogP contribution in [-0.2, 0) is 0 Å². The van der Waals surface area contributed by atoms with E-state index in [2.05, 4.69) is 19.9 Å². The molecule has 0 spiro atoms. The van der Waals surface area contributed by atoms with E-state index >= 15 is 0 Å². The number of hydrogen-bond donors (Lipinski definition) is 1. The molecule has 0 saturated carbocycles. The highest BCUT2D eigenvalue weighted by atomic mass is 32.2. The van der Waals surface area contributed by atoms with Gasteiger partial charge in [-0.1, -0.05) is 57.7 Å². The Hall–Kier alpha value is -0.280. The Balaban J connectivity index is 2.52. The third-order valence-electron chi connectivity index (χ3n) is 3.22. The fourth-order valence-electron chi connectivity index (χ4n) is 2.00. The Morgan fingerprint density at radius 2 is 1.45 bits per heavy atom. The third kappa shape index (κ3) is 6.94. The van der Waals surface area contributed by atoms with Gasteiger partial charge in [-0.15, -0.1) is 23.5 Å². The molecule has 0 heterocycles. The van der Waals surface area contributed by atoms with Crippen molar-refractivity contribution >= 4 is 23.5 Å². The number of phenols is 1. The third-order valence-corrected chi connectivity index (χ3v) is 6.20. The van der Waals surface area contributed by atoms with E-state index < -0.39 is 0 Å². The van der Waals surface area contributed by atoms with Crippen molar-refractivity contribution in [1.82, 2.24) is 0 Å². The Morgan fingerprint density at radius 1 is 0.900 bits per heavy atom. The van der Waals surface area contributed by atoms with Crippen LogP contribution in [0.25, 0.3) is 0 Å². The highest BCUT2D eigenvalue weighted by molar-refractivity contribution is 8.16. The molecule has 0 aromatic heterocycles. The van der Waals surface area contributed by atoms with Gasteiger partial charge in [0.1, 0.15) is 5.75 Å². The van der Waals surface area contributed by atoms with Gasteiger partial charge in [0.25, 0.3) is 0 Å². The van der Waals surface area contributed by atoms with Crippen LogP contribution in [0.15, 0.2) is 24.3 Å². The molecule has 1 rings (SSSR count). The second kappa shape index (κ2) is 11.4. The van der Waals surface area contributed by atoms with Gasteiger partial charge in [-0.2, -0.15) is 0 Å². The predicted molar refractivity (Wildman–Crippen MR) is 94.8 cm³/mol. The van der Waals surface area contributed by atoms with Gasteiger partial charge < -0.3 is 5.11 Å². The van der Waals surface area contributed by atoms with E-state index in [-0.39, 0.29) is 0 Å². The van der Waals surface area contributed by atoms with E-state index in [1.807, 2.05) is 41.7 Å². The maximum Gasteiger partial charge on any atom is 0.120 e. The molecular weight excluding hydrogens is 284 g/mol. The molecule has 1 aromatic rings. The Labute approximate surface area is 132 Å². The van der Waals surface area contributed by atoms with Crippen molar-refractivity contribution in [3.8, 4) is 5.75 Å². The number of phenolic OH excluding ortho intramolecular Hbond substituents is 1. The van der Waals surface area contributed by atoms with Crippen molar-refractivity contribution in [1.29, 1.82) is 0 Å². The molecule has 0 atom stereocenters. The molecule has 0 bridgehead atoms. The predicted octanol–water partition coefficient (Wildman–Crippen LogP) is 6.24. The molecule has 0 saturated heterocycles. The zero-order valence-corrected chi connectivity index (χ0v) is 14.4. The molecule has 114 valence electrons. The molecule has 0 aliphatic heterocycles. The summed E-state index contributed by atoms with van der Waals surface area (Å²) in [5, 5.41) is 10.1. The summed E-state index contributed by atoms with van der Waals surface area (Å²) in [5.41, 5.74) is 1.09. The number of thioether (sulfide) groups is 2. The van der Waals surface area contributed by atoms with Crippen molar-refractivity contribution in [2.24, 2.45) is 0 Å². The molecule has 0 fully saturated rings. The molecule has 20 heavy (non-hydrogen) atoms. The molecule has 0 aliphatic rings. The average molecular weight is 313 g/mol. The van der Waals surface area contributed by atoms with Crippen molar-refractivity contribution < 1.29 is 5.11 Å². The van der Waals surface area contributed by atoms with Crippen LogP contribution in [0.3, 0.4) is 0 Å². The second-order valence-corrected chi connectivity index (χ2v) is 7.77. The maximum absolute atomic E-state index is 10.1. The van der Waals surface area contributed by atoms with Gasteiger partial charge in [-0.05, 0) is 30.4 Å². The average Bonchev–Trinajstić information content (AvgIpc) is 2.46. The summed E-state index contributed by atoms with van der Waals surface area (Å²) in [6.07, 6.45) is 7.71. The largest absolute Gasteiger partial charge is 0.508 e. The lowest BCUT2D eigenvalue weighted by Crippen LogP contribution is -1.94. The summed E-state index contributed by atoms with van der Waals surface area (Å²) in [6.45, 7) is 4.48. The Kier molecular flexibility index (Phi) is 10.1. The lowest BCUT2D eigenvalue weighted by Gasteiger charge is -2.18. The summed E-state index contributed by atoms with van der Waals surface area (Å²) < 4.78 is 0.380. The van der Waals surface area contributed by atoms with E-state index in [0.29, 0.717) is 10.3 Å². The molecule has 0 radical (unpaired) electrons. The van der Waals surface area contributed by atoms with E-state index in [1.54, 1.807) is 0 Å². The molecule has 1 nitrogen and oxygen atoms in total. The van der Waals surface area contributed by atoms with Gasteiger partial charge in [-0.25, -0.2) is 0 Å². The quantitative estimate of drug-likeness (QED) is 0.386. The summed E-state index contributed by atoms with van der Waals surface area (Å²) in [4.78, 5) is 0. The molecule has 1 N–H and O–H groups in total. The molecule has 0 unspecified atom stereocenters. The number of aromatic hydroxyl groups is 1. The Morgan fingerprint density at radius 3 is 1.95 bits per heavy atom. The van der Waals surface area contributed by atoms with Crippen LogP contribution in [0, 0.1) is 0 Å². The van der Waals surface area contributed by atoms with Crippen molar-refractivity contribution in [2.75, 3.05) is 11.5 Å². The van der Waals surface area contributed by atoms with Gasteiger partial charge in [0.2, 0.25) is 0 Å². The second-order valence-electron chi connectivity index (χ2n) is 5.05. The first-order chi connectivity index (χ1) is 9.79. The first kappa shape index (κ1) is 17.8. The molecular formula is C17H28OS2. The van der Waals surface area contributed by atoms with Crippen LogP contribution < -0.4 is 0 Å². The van der Waals surface area contributed by atoms with Crippen LogP contribution in [0.5, 0.6) is 5.75 Å². The Bertz CT molecular complexity index is 343. The van der Waals surface area contributed by atoms with E-state index in [1.165, 1.54) is 50.0 Å². The van der Waals surface area contributed by atoms with E-state index in [9.17, 15) is 5.11 Å². The van der Waals surface area contributed by atoms with Crippen molar-refractivity contribution in [3.05, 3.63) is 29.8 Å². The van der Waals surface area contributed by atoms with Crippen LogP contribution in [0.2, 0.25) is 0 Å². The van der Waals surface area contributed by atoms with Crippen LogP contribution in [0.1, 0.15) is 62.5 Å². The minimum Gasteiger partial charge on any atom is -0.508 e. The topological polar surface area (TPSA) is 20.2 Å². The first-order valence-corrected chi connectivity index (χ1v) is 9.90. The van der Waals surface area contributed by atoms with Crippen molar-refractivity contribution in [3.63, 3.8) is 0 Å². The zero-order chi connectivity index (χ0) is 14.6. The number of benzene rings is 1. The maximum atomic E-state index is 10.1. The molecule has 3 heteroatoms. The van der Waals surface area contributed by atoms with Crippen LogP contribution in [0.4, 0.5) is 0 Å². The zero-order valence-electron chi connectivity index (χ0n) is 12.8. The minimum atomic E-state index is 0.380. The van der Waals surface area contributed by atoms with E-state index in [0.717, 1.165) is 5.56 Å². The molecule has 1 aromatic carbocycles. The van der Waals surface area contributed by atoms with Gasteiger partial charge in [0.05, 0.1) is 4.58 Å². The number of unbranched alkanes of at least 4 members (excludes halogenated alkanes) is 4. The summed E-state index contributed by atoms with van der Waals surface area (Å²) >= 11 is 3.98. The fourth-order valence-corrected chi connectivity index (χ4v) is 4.89. The first-order valence-electron chi connectivity index (χ1n) is 7.80. The van der Waals surface area contributed by atoms with Gasteiger partial charge in [0, 0.05) is 5.56 Å². The number of hydrogen-bond acceptors (Lipinski definition) is 3.